The van der Waals surface area contributed by atoms with Crippen LogP contribution in [0.1, 0.15) is 51.0 Å². The fraction of sp³-hybridized carbons (Fsp3) is 0.500. The summed E-state index contributed by atoms with van der Waals surface area (Å²) < 4.78 is 38.6. The van der Waals surface area contributed by atoms with E-state index in [1.807, 2.05) is 24.3 Å². The Morgan fingerprint density at radius 3 is 2.49 bits per heavy atom. The zero-order valence-electron chi connectivity index (χ0n) is 22.4. The minimum absolute atomic E-state index is 0.0889. The van der Waals surface area contributed by atoms with Crippen LogP contribution in [-0.4, -0.2) is 63.2 Å². The van der Waals surface area contributed by atoms with Crippen LogP contribution < -0.4 is 19.1 Å². The third-order valence-corrected chi connectivity index (χ3v) is 8.76. The molecule has 1 N–H and O–H groups in total. The molecule has 2 aliphatic rings. The number of carbonyl (C=O) groups is 2. The molecule has 1 aliphatic heterocycles. The summed E-state index contributed by atoms with van der Waals surface area (Å²) in [5.41, 5.74) is 1.34. The molecule has 0 bridgehead atoms. The number of hydrogen-bond acceptors (Lipinski definition) is 6. The van der Waals surface area contributed by atoms with Crippen molar-refractivity contribution >= 4 is 43.5 Å². The fourth-order valence-electron chi connectivity index (χ4n) is 5.00. The van der Waals surface area contributed by atoms with Crippen molar-refractivity contribution in [2.45, 2.75) is 64.1 Å². The van der Waals surface area contributed by atoms with Crippen molar-refractivity contribution in [2.75, 3.05) is 30.3 Å². The SMILES string of the molecule is C[C@H](C(=O)NC1CCCC1)N(Cc1cccc(Br)c1)C(=O)CCCN(c1ccc2c(c1)OCCO2)S(C)(=O)=O. The summed E-state index contributed by atoms with van der Waals surface area (Å²) in [6.45, 7) is 2.97. The van der Waals surface area contributed by atoms with Crippen molar-refractivity contribution in [3.05, 3.63) is 52.5 Å². The van der Waals surface area contributed by atoms with Gasteiger partial charge >= 0.3 is 0 Å². The van der Waals surface area contributed by atoms with Gasteiger partial charge in [-0.2, -0.15) is 0 Å². The van der Waals surface area contributed by atoms with Crippen LogP contribution in [0.15, 0.2) is 46.9 Å². The number of amides is 2. The van der Waals surface area contributed by atoms with Gasteiger partial charge < -0.3 is 19.7 Å². The van der Waals surface area contributed by atoms with Crippen LogP contribution in [0.3, 0.4) is 0 Å². The number of hydrogen-bond donors (Lipinski definition) is 1. The molecule has 1 fully saturated rings. The number of nitrogens with zero attached hydrogens (tertiary/aromatic N) is 2. The molecule has 0 aromatic heterocycles. The standard InChI is InChI=1S/C28H36BrN3O6S/c1-20(28(34)30-23-9-3-4-10-23)31(19-21-7-5-8-22(29)17-21)27(33)11-6-14-32(39(2,35)36)24-12-13-25-26(18-24)38-16-15-37-25/h5,7-8,12-13,17-18,20,23H,3-4,6,9-11,14-16,19H2,1-2H3,(H,30,34)/t20-/m1/s1. The highest BCUT2D eigenvalue weighted by Crippen LogP contribution is 2.34. The first-order valence-electron chi connectivity index (χ1n) is 13.3. The number of fused-ring (bicyclic) bond motifs is 1. The first kappa shape index (κ1) is 29.2. The fourth-order valence-corrected chi connectivity index (χ4v) is 6.40. The summed E-state index contributed by atoms with van der Waals surface area (Å²) in [7, 11) is -3.62. The van der Waals surface area contributed by atoms with E-state index >= 15 is 0 Å². The Hall–Kier alpha value is -2.79. The molecule has 39 heavy (non-hydrogen) atoms. The lowest BCUT2D eigenvalue weighted by molar-refractivity contribution is -0.141. The zero-order valence-corrected chi connectivity index (χ0v) is 24.8. The number of nitrogens with one attached hydrogen (secondary N) is 1. The Morgan fingerprint density at radius 2 is 1.79 bits per heavy atom. The summed E-state index contributed by atoms with van der Waals surface area (Å²) in [6.07, 6.45) is 5.62. The minimum atomic E-state index is -3.62. The highest BCUT2D eigenvalue weighted by atomic mass is 79.9. The average molecular weight is 623 g/mol. The molecule has 2 aromatic rings. The van der Waals surface area contributed by atoms with E-state index in [0.29, 0.717) is 30.4 Å². The van der Waals surface area contributed by atoms with Gasteiger partial charge in [0.05, 0.1) is 11.9 Å². The van der Waals surface area contributed by atoms with Crippen molar-refractivity contribution in [1.82, 2.24) is 10.2 Å². The number of ether oxygens (including phenoxy) is 2. The van der Waals surface area contributed by atoms with E-state index in [1.165, 1.54) is 4.31 Å². The van der Waals surface area contributed by atoms with E-state index in [2.05, 4.69) is 21.2 Å². The Morgan fingerprint density at radius 1 is 1.08 bits per heavy atom. The normalized spacial score (nSPS) is 16.0. The van der Waals surface area contributed by atoms with E-state index in [4.69, 9.17) is 9.47 Å². The predicted octanol–water partition coefficient (Wildman–Crippen LogP) is 4.24. The molecule has 0 saturated heterocycles. The molecular formula is C28H36BrN3O6S. The maximum absolute atomic E-state index is 13.5. The lowest BCUT2D eigenvalue weighted by atomic mass is 10.1. The molecule has 1 heterocycles. The van der Waals surface area contributed by atoms with Crippen molar-refractivity contribution in [3.8, 4) is 11.5 Å². The average Bonchev–Trinajstić information content (AvgIpc) is 3.41. The molecule has 212 valence electrons. The van der Waals surface area contributed by atoms with Gasteiger partial charge in [-0.05, 0) is 56.0 Å². The van der Waals surface area contributed by atoms with Gasteiger partial charge in [-0.3, -0.25) is 13.9 Å². The van der Waals surface area contributed by atoms with Gasteiger partial charge in [0.25, 0.3) is 0 Å². The van der Waals surface area contributed by atoms with Gasteiger partial charge in [0, 0.05) is 36.1 Å². The number of sulfonamides is 1. The van der Waals surface area contributed by atoms with Crippen molar-refractivity contribution in [3.63, 3.8) is 0 Å². The largest absolute Gasteiger partial charge is 0.486 e. The van der Waals surface area contributed by atoms with Crippen LogP contribution >= 0.6 is 15.9 Å². The lowest BCUT2D eigenvalue weighted by Gasteiger charge is -2.30. The second-order valence-electron chi connectivity index (χ2n) is 10.1. The highest BCUT2D eigenvalue weighted by Gasteiger charge is 2.29. The molecule has 1 atom stereocenters. The smallest absolute Gasteiger partial charge is 0.242 e. The Labute approximate surface area is 239 Å². The summed E-state index contributed by atoms with van der Waals surface area (Å²) in [6, 6.07) is 12.1. The first-order chi connectivity index (χ1) is 18.6. The minimum Gasteiger partial charge on any atom is -0.486 e. The molecule has 2 aromatic carbocycles. The third-order valence-electron chi connectivity index (χ3n) is 7.08. The Kier molecular flexibility index (Phi) is 9.76. The van der Waals surface area contributed by atoms with Gasteiger partial charge in [-0.15, -0.1) is 0 Å². The zero-order chi connectivity index (χ0) is 28.0. The highest BCUT2D eigenvalue weighted by molar-refractivity contribution is 9.10. The molecule has 2 amide bonds. The monoisotopic (exact) mass is 621 g/mol. The topological polar surface area (TPSA) is 105 Å². The molecule has 1 aliphatic carbocycles. The number of carbonyl (C=O) groups excluding carboxylic acids is 2. The van der Waals surface area contributed by atoms with E-state index in [-0.39, 0.29) is 43.8 Å². The van der Waals surface area contributed by atoms with Crippen LogP contribution in [0.5, 0.6) is 11.5 Å². The van der Waals surface area contributed by atoms with Gasteiger partial charge in [0.1, 0.15) is 19.3 Å². The van der Waals surface area contributed by atoms with Crippen LogP contribution in [0.4, 0.5) is 5.69 Å². The second-order valence-corrected chi connectivity index (χ2v) is 12.9. The Balaban J connectivity index is 1.45. The maximum atomic E-state index is 13.5. The van der Waals surface area contributed by atoms with Gasteiger partial charge in [0.2, 0.25) is 21.8 Å². The predicted molar refractivity (Wildman–Crippen MR) is 153 cm³/mol. The van der Waals surface area contributed by atoms with E-state index in [9.17, 15) is 18.0 Å². The molecule has 11 heteroatoms. The van der Waals surface area contributed by atoms with Crippen molar-refractivity contribution in [2.24, 2.45) is 0 Å². The number of rotatable bonds is 11. The third kappa shape index (κ3) is 7.88. The van der Waals surface area contributed by atoms with Gasteiger partial charge in [-0.25, -0.2) is 8.42 Å². The first-order valence-corrected chi connectivity index (χ1v) is 16.0. The molecule has 0 radical (unpaired) electrons. The lowest BCUT2D eigenvalue weighted by Crippen LogP contribution is -2.49. The molecule has 9 nitrogen and oxygen atoms in total. The van der Waals surface area contributed by atoms with E-state index < -0.39 is 16.1 Å². The molecule has 0 unspecified atom stereocenters. The Bertz CT molecular complexity index is 1280. The second kappa shape index (κ2) is 13.0. The van der Waals surface area contributed by atoms with Crippen LogP contribution in [-0.2, 0) is 26.2 Å². The summed E-state index contributed by atoms with van der Waals surface area (Å²) >= 11 is 3.47. The van der Waals surface area contributed by atoms with Gasteiger partial charge in [-0.1, -0.05) is 40.9 Å². The number of anilines is 1. The maximum Gasteiger partial charge on any atom is 0.242 e. The number of benzene rings is 2. The number of halogens is 1. The molecule has 0 spiro atoms. The summed E-state index contributed by atoms with van der Waals surface area (Å²) in [5.74, 6) is 0.687. The van der Waals surface area contributed by atoms with Crippen LogP contribution in [0.25, 0.3) is 0 Å². The van der Waals surface area contributed by atoms with Crippen molar-refractivity contribution < 1.29 is 27.5 Å². The van der Waals surface area contributed by atoms with Crippen molar-refractivity contribution in [1.29, 1.82) is 0 Å². The summed E-state index contributed by atoms with van der Waals surface area (Å²) in [5, 5.41) is 3.10. The van der Waals surface area contributed by atoms with E-state index in [1.54, 1.807) is 30.0 Å². The molecule has 4 rings (SSSR count). The summed E-state index contributed by atoms with van der Waals surface area (Å²) in [4.78, 5) is 28.2. The van der Waals surface area contributed by atoms with Crippen LogP contribution in [0.2, 0.25) is 0 Å². The van der Waals surface area contributed by atoms with E-state index in [0.717, 1.165) is 42.0 Å². The quantitative estimate of drug-likeness (QED) is 0.402. The van der Waals surface area contributed by atoms with Gasteiger partial charge in [0.15, 0.2) is 11.5 Å². The van der Waals surface area contributed by atoms with Crippen LogP contribution in [0, 0.1) is 0 Å². The molecular weight excluding hydrogens is 586 g/mol. The molecule has 1 saturated carbocycles.